The van der Waals surface area contributed by atoms with Gasteiger partial charge in [-0.2, -0.15) is 5.26 Å². The fourth-order valence-electron chi connectivity index (χ4n) is 3.68. The van der Waals surface area contributed by atoms with E-state index in [9.17, 15) is 23.3 Å². The number of unbranched alkanes of at least 4 members (excludes halogenated alkanes) is 1. The molecule has 11 heteroatoms. The lowest BCUT2D eigenvalue weighted by Gasteiger charge is -2.17. The van der Waals surface area contributed by atoms with Crippen LogP contribution in [0.15, 0.2) is 48.5 Å². The molecular formula is C25H29N3O7S. The molecule has 0 aromatic heterocycles. The second kappa shape index (κ2) is 12.4. The minimum absolute atomic E-state index is 0.0605. The average molecular weight is 516 g/mol. The normalized spacial score (nSPS) is 16.2. The third kappa shape index (κ3) is 7.19. The highest BCUT2D eigenvalue weighted by Gasteiger charge is 2.34. The molecule has 1 fully saturated rings. The topological polar surface area (TPSA) is 135 Å². The molecule has 2 aromatic rings. The molecule has 3 rings (SSSR count). The number of anilines is 1. The zero-order valence-electron chi connectivity index (χ0n) is 20.2. The van der Waals surface area contributed by atoms with Gasteiger partial charge in [-0.15, -0.1) is 0 Å². The summed E-state index contributed by atoms with van der Waals surface area (Å²) in [5.74, 6) is -0.209. The predicted octanol–water partition coefficient (Wildman–Crippen LogP) is 2.77. The smallest absolute Gasteiger partial charge is 0.414 e. The largest absolute Gasteiger partial charge is 0.490 e. The number of nitrogens with one attached hydrogen (secondary N) is 1. The number of hydrogen-bond donors (Lipinski definition) is 1. The van der Waals surface area contributed by atoms with Crippen molar-refractivity contribution in [2.75, 3.05) is 30.9 Å². The Labute approximate surface area is 210 Å². The second-order valence-corrected chi connectivity index (χ2v) is 10.1. The van der Waals surface area contributed by atoms with Crippen molar-refractivity contribution >= 4 is 27.8 Å². The summed E-state index contributed by atoms with van der Waals surface area (Å²) in [5.41, 5.74) is 1.58. The number of para-hydroxylation sites is 1. The van der Waals surface area contributed by atoms with Gasteiger partial charge < -0.3 is 14.2 Å². The van der Waals surface area contributed by atoms with Gasteiger partial charge >= 0.3 is 12.1 Å². The molecule has 2 aromatic carbocycles. The van der Waals surface area contributed by atoms with Crippen molar-refractivity contribution in [2.24, 2.45) is 0 Å². The molecule has 0 spiro atoms. The van der Waals surface area contributed by atoms with Crippen LogP contribution in [0.3, 0.4) is 0 Å². The number of cyclic esters (lactones) is 1. The van der Waals surface area contributed by atoms with Crippen molar-refractivity contribution in [2.45, 2.75) is 38.3 Å². The monoisotopic (exact) mass is 515 g/mol. The quantitative estimate of drug-likeness (QED) is 0.426. The molecule has 1 aliphatic rings. The maximum absolute atomic E-state index is 12.3. The highest BCUT2D eigenvalue weighted by atomic mass is 32.2. The number of hydrogen-bond acceptors (Lipinski definition) is 8. The molecular weight excluding hydrogens is 486 g/mol. The Morgan fingerprint density at radius 2 is 1.97 bits per heavy atom. The zero-order chi connectivity index (χ0) is 26.1. The highest BCUT2D eigenvalue weighted by Crippen LogP contribution is 2.25. The van der Waals surface area contributed by atoms with Gasteiger partial charge in [0.1, 0.15) is 24.5 Å². The van der Waals surface area contributed by atoms with E-state index in [0.29, 0.717) is 29.0 Å². The Hall–Kier alpha value is -3.62. The van der Waals surface area contributed by atoms with Crippen LogP contribution in [0.4, 0.5) is 10.5 Å². The van der Waals surface area contributed by atoms with Crippen molar-refractivity contribution in [3.05, 3.63) is 59.7 Å². The van der Waals surface area contributed by atoms with Crippen LogP contribution in [0.1, 0.15) is 30.9 Å². The Bertz CT molecular complexity index is 1210. The number of nitrogens with zero attached hydrogens (tertiary/aromatic N) is 2. The van der Waals surface area contributed by atoms with E-state index in [1.807, 2.05) is 6.92 Å². The number of carbonyl (C=O) groups is 2. The van der Waals surface area contributed by atoms with Gasteiger partial charge in [-0.05, 0) is 42.7 Å². The first-order valence-electron chi connectivity index (χ1n) is 11.5. The van der Waals surface area contributed by atoms with Gasteiger partial charge in [-0.3, -0.25) is 9.69 Å². The van der Waals surface area contributed by atoms with E-state index >= 15 is 0 Å². The van der Waals surface area contributed by atoms with Crippen LogP contribution >= 0.6 is 0 Å². The van der Waals surface area contributed by atoms with Crippen molar-refractivity contribution in [3.8, 4) is 11.8 Å². The van der Waals surface area contributed by atoms with E-state index in [1.54, 1.807) is 48.5 Å². The molecule has 192 valence electrons. The molecule has 2 atom stereocenters. The summed E-state index contributed by atoms with van der Waals surface area (Å²) < 4.78 is 42.8. The molecule has 1 N–H and O–H groups in total. The molecule has 1 saturated heterocycles. The summed E-state index contributed by atoms with van der Waals surface area (Å²) in [6, 6.07) is 14.6. The Kier molecular flexibility index (Phi) is 9.27. The summed E-state index contributed by atoms with van der Waals surface area (Å²) in [6.45, 7) is 2.24. The van der Waals surface area contributed by atoms with Crippen molar-refractivity contribution in [1.29, 1.82) is 5.26 Å². The van der Waals surface area contributed by atoms with Crippen LogP contribution in [0.5, 0.6) is 5.75 Å². The van der Waals surface area contributed by atoms with E-state index in [-0.39, 0.29) is 25.3 Å². The minimum Gasteiger partial charge on any atom is -0.490 e. The van der Waals surface area contributed by atoms with Crippen LogP contribution in [0, 0.1) is 11.3 Å². The molecule has 1 amide bonds. The van der Waals surface area contributed by atoms with Crippen LogP contribution < -0.4 is 14.4 Å². The SMILES string of the molecule is CCCCS(=O)(=O)NC(Cc1ccc(OCC2CN(c3ccccc3C#N)C(=O)O2)cc1)C(=O)OC. The standard InChI is InChI=1S/C25H29N3O7S/c1-3-4-13-36(31,32)27-22(24(29)33-2)14-18-9-11-20(12-10-18)34-17-21-16-28(25(30)35-21)23-8-6-5-7-19(23)15-26/h5-12,21-22,27H,3-4,13-14,16-17H2,1-2H3. The lowest BCUT2D eigenvalue weighted by molar-refractivity contribution is -0.142. The third-order valence-corrected chi connectivity index (χ3v) is 7.03. The van der Waals surface area contributed by atoms with E-state index in [2.05, 4.69) is 10.8 Å². The van der Waals surface area contributed by atoms with Crippen molar-refractivity contribution < 1.29 is 32.2 Å². The van der Waals surface area contributed by atoms with E-state index in [0.717, 1.165) is 6.42 Å². The van der Waals surface area contributed by atoms with Crippen LogP contribution in [0.2, 0.25) is 0 Å². The average Bonchev–Trinajstić information content (AvgIpc) is 3.26. The van der Waals surface area contributed by atoms with E-state index in [1.165, 1.54) is 12.0 Å². The molecule has 1 heterocycles. The summed E-state index contributed by atoms with van der Waals surface area (Å²) in [6.07, 6.45) is 0.262. The molecule has 2 unspecified atom stereocenters. The first-order valence-corrected chi connectivity index (χ1v) is 13.2. The molecule has 0 bridgehead atoms. The molecule has 1 aliphatic heterocycles. The lowest BCUT2D eigenvalue weighted by Crippen LogP contribution is -2.43. The minimum atomic E-state index is -3.62. The molecule has 0 aliphatic carbocycles. The number of carbonyl (C=O) groups excluding carboxylic acids is 2. The molecule has 36 heavy (non-hydrogen) atoms. The maximum atomic E-state index is 12.3. The Morgan fingerprint density at radius 1 is 1.25 bits per heavy atom. The van der Waals surface area contributed by atoms with Gasteiger partial charge in [0.15, 0.2) is 6.10 Å². The maximum Gasteiger partial charge on any atom is 0.414 e. The molecule has 10 nitrogen and oxygen atoms in total. The number of esters is 1. The van der Waals surface area contributed by atoms with Crippen LogP contribution in [0.25, 0.3) is 0 Å². The van der Waals surface area contributed by atoms with Gasteiger partial charge in [0.2, 0.25) is 10.0 Å². The Balaban J connectivity index is 1.57. The number of nitriles is 1. The Morgan fingerprint density at radius 3 is 2.64 bits per heavy atom. The lowest BCUT2D eigenvalue weighted by atomic mass is 10.1. The third-order valence-electron chi connectivity index (χ3n) is 5.56. The fourth-order valence-corrected chi connectivity index (χ4v) is 5.08. The zero-order valence-corrected chi connectivity index (χ0v) is 21.0. The fraction of sp³-hybridized carbons (Fsp3) is 0.400. The van der Waals surface area contributed by atoms with Gasteiger partial charge in [-0.25, -0.2) is 17.9 Å². The van der Waals surface area contributed by atoms with Crippen LogP contribution in [-0.2, 0) is 30.7 Å². The summed E-state index contributed by atoms with van der Waals surface area (Å²) in [7, 11) is -2.41. The molecule has 0 saturated carbocycles. The molecule has 0 radical (unpaired) electrons. The number of methoxy groups -OCH3 is 1. The van der Waals surface area contributed by atoms with E-state index in [4.69, 9.17) is 14.2 Å². The van der Waals surface area contributed by atoms with Gasteiger partial charge in [0, 0.05) is 0 Å². The van der Waals surface area contributed by atoms with Crippen molar-refractivity contribution in [3.63, 3.8) is 0 Å². The summed E-state index contributed by atoms with van der Waals surface area (Å²) in [4.78, 5) is 25.9. The van der Waals surface area contributed by atoms with Crippen molar-refractivity contribution in [1.82, 2.24) is 4.72 Å². The highest BCUT2D eigenvalue weighted by molar-refractivity contribution is 7.89. The van der Waals surface area contributed by atoms with Gasteiger partial charge in [0.25, 0.3) is 0 Å². The van der Waals surface area contributed by atoms with E-state index < -0.39 is 34.2 Å². The predicted molar refractivity (Wildman–Crippen MR) is 132 cm³/mol. The number of benzene rings is 2. The first kappa shape index (κ1) is 27.0. The summed E-state index contributed by atoms with van der Waals surface area (Å²) in [5, 5.41) is 9.28. The van der Waals surface area contributed by atoms with Gasteiger partial charge in [0.05, 0.1) is 30.7 Å². The number of sulfonamides is 1. The number of amides is 1. The van der Waals surface area contributed by atoms with Gasteiger partial charge in [-0.1, -0.05) is 37.6 Å². The number of ether oxygens (including phenoxy) is 3. The number of rotatable bonds is 12. The van der Waals surface area contributed by atoms with Crippen LogP contribution in [-0.4, -0.2) is 58.6 Å². The first-order chi connectivity index (χ1) is 17.3. The second-order valence-electron chi connectivity index (χ2n) is 8.27. The summed E-state index contributed by atoms with van der Waals surface area (Å²) >= 11 is 0.